The maximum Gasteiger partial charge on any atom is 0.335 e. The molecule has 2 aromatic rings. The molecule has 0 amide bonds. The Labute approximate surface area is 182 Å². The summed E-state index contributed by atoms with van der Waals surface area (Å²) in [6, 6.07) is 12.1. The van der Waals surface area contributed by atoms with Crippen LogP contribution in [-0.4, -0.2) is 11.1 Å². The van der Waals surface area contributed by atoms with Crippen molar-refractivity contribution in [3.8, 4) is 0 Å². The van der Waals surface area contributed by atoms with Crippen LogP contribution in [0.25, 0.3) is 11.6 Å². The van der Waals surface area contributed by atoms with Crippen molar-refractivity contribution < 1.29 is 9.90 Å². The molecule has 160 valence electrons. The van der Waals surface area contributed by atoms with E-state index in [0.717, 1.165) is 12.0 Å². The maximum atomic E-state index is 11.1. The molecule has 1 N–H and O–H groups in total. The van der Waals surface area contributed by atoms with Crippen molar-refractivity contribution in [2.75, 3.05) is 0 Å². The summed E-state index contributed by atoms with van der Waals surface area (Å²) in [7, 11) is 0. The number of benzene rings is 2. The summed E-state index contributed by atoms with van der Waals surface area (Å²) in [4.78, 5) is 11.1. The summed E-state index contributed by atoms with van der Waals surface area (Å²) in [5.41, 5.74) is 8.66. The average Bonchev–Trinajstić information content (AvgIpc) is 2.83. The molecule has 1 aliphatic carbocycles. The first-order valence-corrected chi connectivity index (χ1v) is 11.2. The van der Waals surface area contributed by atoms with Gasteiger partial charge in [-0.25, -0.2) is 4.79 Å². The van der Waals surface area contributed by atoms with Gasteiger partial charge in [0.25, 0.3) is 0 Å². The quantitative estimate of drug-likeness (QED) is 0.506. The van der Waals surface area contributed by atoms with Gasteiger partial charge in [0.1, 0.15) is 0 Å². The van der Waals surface area contributed by atoms with Crippen LogP contribution in [0, 0.1) is 5.92 Å². The molecule has 0 aromatic heterocycles. The molecule has 0 heterocycles. The fraction of sp³-hybridized carbons (Fsp3) is 0.464. The van der Waals surface area contributed by atoms with Gasteiger partial charge in [-0.1, -0.05) is 78.3 Å². The van der Waals surface area contributed by atoms with Crippen molar-refractivity contribution in [3.63, 3.8) is 0 Å². The number of fused-ring (bicyclic) bond motifs is 1. The Morgan fingerprint density at radius 3 is 2.13 bits per heavy atom. The van der Waals surface area contributed by atoms with E-state index in [9.17, 15) is 4.79 Å². The number of rotatable bonds is 6. The highest BCUT2D eigenvalue weighted by atomic mass is 16.4. The Hall–Kier alpha value is -2.35. The number of carboxylic acid groups (broad SMARTS) is 1. The molecule has 2 nitrogen and oxygen atoms in total. The SMILES string of the molecule is CCCCc1cc2c(cc1C(C)=Cc1ccc(C(=O)O)cc1)C(C)(C)C(C)C2(C)C. The third-order valence-electron chi connectivity index (χ3n) is 7.56. The average molecular weight is 405 g/mol. The van der Waals surface area contributed by atoms with E-state index in [-0.39, 0.29) is 10.8 Å². The molecule has 30 heavy (non-hydrogen) atoms. The van der Waals surface area contributed by atoms with Crippen molar-refractivity contribution in [1.82, 2.24) is 0 Å². The molecule has 0 spiro atoms. The normalized spacial score (nSPS) is 19.6. The largest absolute Gasteiger partial charge is 0.478 e. The molecular formula is C28H36O2. The molecule has 0 aliphatic heterocycles. The van der Waals surface area contributed by atoms with Crippen LogP contribution in [0.15, 0.2) is 36.4 Å². The number of allylic oxidation sites excluding steroid dienone is 1. The summed E-state index contributed by atoms with van der Waals surface area (Å²) in [6.07, 6.45) is 5.64. The van der Waals surface area contributed by atoms with Gasteiger partial charge in [-0.15, -0.1) is 0 Å². The minimum atomic E-state index is -0.887. The zero-order valence-corrected chi connectivity index (χ0v) is 19.6. The van der Waals surface area contributed by atoms with Crippen molar-refractivity contribution >= 4 is 17.6 Å². The number of hydrogen-bond donors (Lipinski definition) is 1. The van der Waals surface area contributed by atoms with Gasteiger partial charge in [0.05, 0.1) is 5.56 Å². The van der Waals surface area contributed by atoms with Crippen molar-refractivity contribution in [2.45, 2.75) is 78.6 Å². The van der Waals surface area contributed by atoms with Gasteiger partial charge in [-0.2, -0.15) is 0 Å². The van der Waals surface area contributed by atoms with E-state index < -0.39 is 5.97 Å². The van der Waals surface area contributed by atoms with Crippen LogP contribution < -0.4 is 0 Å². The molecule has 2 heteroatoms. The Balaban J connectivity index is 2.11. The van der Waals surface area contributed by atoms with E-state index in [4.69, 9.17) is 5.11 Å². The lowest BCUT2D eigenvalue weighted by Gasteiger charge is -2.32. The van der Waals surface area contributed by atoms with Crippen LogP contribution in [0.1, 0.15) is 99.5 Å². The van der Waals surface area contributed by atoms with Crippen molar-refractivity contribution in [1.29, 1.82) is 0 Å². The Morgan fingerprint density at radius 1 is 1.03 bits per heavy atom. The lowest BCUT2D eigenvalue weighted by Crippen LogP contribution is -2.30. The second-order valence-electron chi connectivity index (χ2n) is 10.1. The summed E-state index contributed by atoms with van der Waals surface area (Å²) in [6.45, 7) is 16.4. The van der Waals surface area contributed by atoms with Crippen molar-refractivity contribution in [3.05, 3.63) is 69.8 Å². The first-order valence-electron chi connectivity index (χ1n) is 11.2. The fourth-order valence-electron chi connectivity index (χ4n) is 5.07. The minimum Gasteiger partial charge on any atom is -0.478 e. The van der Waals surface area contributed by atoms with Crippen LogP contribution in [0.5, 0.6) is 0 Å². The maximum absolute atomic E-state index is 11.1. The lowest BCUT2D eigenvalue weighted by molar-refractivity contribution is 0.0697. The predicted molar refractivity (Wildman–Crippen MR) is 127 cm³/mol. The van der Waals surface area contributed by atoms with E-state index in [1.165, 1.54) is 40.7 Å². The summed E-state index contributed by atoms with van der Waals surface area (Å²) < 4.78 is 0. The Morgan fingerprint density at radius 2 is 1.60 bits per heavy atom. The Kier molecular flexibility index (Phi) is 6.00. The van der Waals surface area contributed by atoms with Gasteiger partial charge in [0.15, 0.2) is 0 Å². The van der Waals surface area contributed by atoms with Crippen LogP contribution in [0.4, 0.5) is 0 Å². The fourth-order valence-corrected chi connectivity index (χ4v) is 5.07. The van der Waals surface area contributed by atoms with E-state index in [0.29, 0.717) is 11.5 Å². The topological polar surface area (TPSA) is 37.3 Å². The van der Waals surface area contributed by atoms with Crippen LogP contribution >= 0.6 is 0 Å². The number of unbranched alkanes of at least 4 members (excludes halogenated alkanes) is 1. The van der Waals surface area contributed by atoms with E-state index in [1.807, 2.05) is 12.1 Å². The molecule has 1 atom stereocenters. The molecule has 0 saturated carbocycles. The van der Waals surface area contributed by atoms with Crippen molar-refractivity contribution in [2.24, 2.45) is 5.92 Å². The van der Waals surface area contributed by atoms with Crippen LogP contribution in [-0.2, 0) is 17.3 Å². The van der Waals surface area contributed by atoms with E-state index in [2.05, 4.69) is 66.7 Å². The highest BCUT2D eigenvalue weighted by molar-refractivity contribution is 5.88. The number of carbonyl (C=O) groups is 1. The smallest absolute Gasteiger partial charge is 0.335 e. The molecule has 1 aliphatic rings. The number of aromatic carboxylic acids is 1. The zero-order chi connectivity index (χ0) is 22.3. The first kappa shape index (κ1) is 22.3. The first-order chi connectivity index (χ1) is 14.0. The number of carboxylic acids is 1. The summed E-state index contributed by atoms with van der Waals surface area (Å²) >= 11 is 0. The molecule has 0 saturated heterocycles. The Bertz CT molecular complexity index is 974. The summed E-state index contributed by atoms with van der Waals surface area (Å²) in [5, 5.41) is 9.14. The predicted octanol–water partition coefficient (Wildman–Crippen LogP) is 7.49. The third-order valence-corrected chi connectivity index (χ3v) is 7.56. The summed E-state index contributed by atoms with van der Waals surface area (Å²) in [5.74, 6) is -0.316. The second-order valence-corrected chi connectivity index (χ2v) is 10.1. The standard InChI is InChI=1S/C28H36O2/c1-8-9-10-22-16-24-25(28(6,7)19(3)27(24,4)5)17-23(22)18(2)15-20-11-13-21(14-12-20)26(29)30/h11-17,19H,8-10H2,1-7H3,(H,29,30). The van der Waals surface area contributed by atoms with Gasteiger partial charge in [-0.3, -0.25) is 0 Å². The van der Waals surface area contributed by atoms with E-state index in [1.54, 1.807) is 12.1 Å². The van der Waals surface area contributed by atoms with Gasteiger partial charge in [0.2, 0.25) is 0 Å². The molecule has 2 aromatic carbocycles. The molecule has 3 rings (SSSR count). The minimum absolute atomic E-state index is 0.139. The van der Waals surface area contributed by atoms with Gasteiger partial charge >= 0.3 is 5.97 Å². The highest BCUT2D eigenvalue weighted by Gasteiger charge is 2.48. The third kappa shape index (κ3) is 3.85. The second kappa shape index (κ2) is 8.06. The molecule has 0 fully saturated rings. The number of hydrogen-bond acceptors (Lipinski definition) is 1. The lowest BCUT2D eigenvalue weighted by atomic mass is 9.71. The zero-order valence-electron chi connectivity index (χ0n) is 19.6. The van der Waals surface area contributed by atoms with Crippen LogP contribution in [0.2, 0.25) is 0 Å². The molecule has 0 bridgehead atoms. The highest BCUT2D eigenvalue weighted by Crippen LogP contribution is 2.54. The molecular weight excluding hydrogens is 368 g/mol. The van der Waals surface area contributed by atoms with Gasteiger partial charge < -0.3 is 5.11 Å². The molecule has 1 unspecified atom stereocenters. The van der Waals surface area contributed by atoms with Gasteiger partial charge in [-0.05, 0) is 82.0 Å². The molecule has 0 radical (unpaired) electrons. The van der Waals surface area contributed by atoms with Crippen LogP contribution in [0.3, 0.4) is 0 Å². The van der Waals surface area contributed by atoms with E-state index >= 15 is 0 Å². The number of aryl methyl sites for hydroxylation is 1. The monoisotopic (exact) mass is 404 g/mol. The van der Waals surface area contributed by atoms with Gasteiger partial charge in [0, 0.05) is 0 Å².